The number of halogens is 3. The predicted octanol–water partition coefficient (Wildman–Crippen LogP) is 4.52. The topological polar surface area (TPSA) is 129 Å². The van der Waals surface area contributed by atoms with Gasteiger partial charge in [0.25, 0.3) is 5.91 Å². The Hall–Kier alpha value is -4.13. The molecule has 0 bridgehead atoms. The van der Waals surface area contributed by atoms with Gasteiger partial charge in [-0.05, 0) is 48.6 Å². The number of anilines is 2. The minimum absolute atomic E-state index is 0.159. The molecule has 4 N–H and O–H groups in total. The fourth-order valence-electron chi connectivity index (χ4n) is 6.07. The first-order chi connectivity index (χ1) is 22.5. The number of carbonyl (C=O) groups is 4. The minimum atomic E-state index is -3.93. The number of hydrogen-bond donors (Lipinski definition) is 4. The van der Waals surface area contributed by atoms with Crippen LogP contribution in [0, 0.1) is 11.7 Å². The van der Waals surface area contributed by atoms with E-state index in [4.69, 9.17) is 4.74 Å². The van der Waals surface area contributed by atoms with E-state index in [0.29, 0.717) is 50.4 Å². The molecule has 1 saturated carbocycles. The average molecular weight is 660 g/mol. The summed E-state index contributed by atoms with van der Waals surface area (Å²) < 4.78 is 51.5. The van der Waals surface area contributed by atoms with Crippen LogP contribution in [0.25, 0.3) is 0 Å². The van der Waals surface area contributed by atoms with E-state index in [9.17, 15) is 19.2 Å². The number of ether oxygens (including phenoxy) is 1. The summed E-state index contributed by atoms with van der Waals surface area (Å²) in [5, 5.41) is 10.3. The van der Waals surface area contributed by atoms with E-state index in [0.717, 1.165) is 25.3 Å². The molecular weight excluding hydrogens is 615 g/mol. The number of carbonyl (C=O) groups excluding carboxylic acids is 4. The predicted molar refractivity (Wildman–Crippen MR) is 171 cm³/mol. The fraction of sp³-hybridized carbons (Fsp3) is 0.529. The number of morpholine rings is 1. The Kier molecular flexibility index (Phi) is 12.3. The summed E-state index contributed by atoms with van der Waals surface area (Å²) in [7, 11) is 1.57. The number of nitrogens with zero attached hydrogens (tertiary/aromatic N) is 1. The van der Waals surface area contributed by atoms with Crippen molar-refractivity contribution in [2.75, 3.05) is 44.0 Å². The standard InChI is InChI=1S/C34H44F3N5O5/c1-4-28(43)40-29(32(45)42-15-17-47-18-16-42)21(2)23-13-14-27(26(35)19-23)39-31(44)30(22-9-6-5-7-10-22)41-33(46)34(36,37)24-11-8-12-25(20-24)38-3/h8,11-14,19-22,29-30,38H,4-7,9-10,15-18H2,1-3H3,(H,39,44)(H,40,43)(H,41,46)/t21-,29+,30-/m0/s1. The van der Waals surface area contributed by atoms with Crippen LogP contribution < -0.4 is 21.3 Å². The first-order valence-corrected chi connectivity index (χ1v) is 16.2. The summed E-state index contributed by atoms with van der Waals surface area (Å²) in [6, 6.07) is 7.06. The van der Waals surface area contributed by atoms with Crippen molar-refractivity contribution in [1.29, 1.82) is 0 Å². The SMILES string of the molecule is CCC(=O)N[C@@H](C(=O)N1CCOCC1)[C@@H](C)c1ccc(NC(=O)[C@@H](NC(=O)C(F)(F)c2cccc(NC)c2)C2CCCCC2)c(F)c1. The molecule has 13 heteroatoms. The smallest absolute Gasteiger partial charge is 0.349 e. The van der Waals surface area contributed by atoms with E-state index in [1.807, 2.05) is 0 Å². The molecule has 10 nitrogen and oxygen atoms in total. The highest BCUT2D eigenvalue weighted by Crippen LogP contribution is 2.33. The Bertz CT molecular complexity index is 1430. The van der Waals surface area contributed by atoms with Crippen molar-refractivity contribution in [3.05, 3.63) is 59.4 Å². The van der Waals surface area contributed by atoms with Gasteiger partial charge in [-0.15, -0.1) is 0 Å². The van der Waals surface area contributed by atoms with Crippen LogP contribution in [0.1, 0.15) is 69.4 Å². The maximum atomic E-state index is 15.5. The molecule has 2 fully saturated rings. The second-order valence-electron chi connectivity index (χ2n) is 12.1. The highest BCUT2D eigenvalue weighted by Gasteiger charge is 2.44. The normalized spacial score (nSPS) is 17.6. The van der Waals surface area contributed by atoms with Gasteiger partial charge in [-0.25, -0.2) is 4.39 Å². The van der Waals surface area contributed by atoms with E-state index in [2.05, 4.69) is 21.3 Å². The molecule has 1 aliphatic heterocycles. The van der Waals surface area contributed by atoms with Gasteiger partial charge in [-0.2, -0.15) is 8.78 Å². The molecule has 0 spiro atoms. The van der Waals surface area contributed by atoms with Gasteiger partial charge in [0.1, 0.15) is 17.9 Å². The summed E-state index contributed by atoms with van der Waals surface area (Å²) in [5.41, 5.74) is 0.0717. The van der Waals surface area contributed by atoms with Gasteiger partial charge in [0.2, 0.25) is 17.7 Å². The summed E-state index contributed by atoms with van der Waals surface area (Å²) in [6.07, 6.45) is 3.70. The van der Waals surface area contributed by atoms with E-state index in [1.165, 1.54) is 30.3 Å². The Balaban J connectivity index is 1.53. The van der Waals surface area contributed by atoms with Crippen LogP contribution >= 0.6 is 0 Å². The lowest BCUT2D eigenvalue weighted by Gasteiger charge is -2.33. The number of hydrogen-bond acceptors (Lipinski definition) is 6. The second-order valence-corrected chi connectivity index (χ2v) is 12.1. The number of rotatable bonds is 12. The molecule has 1 saturated heterocycles. The highest BCUT2D eigenvalue weighted by molar-refractivity contribution is 5.98. The van der Waals surface area contributed by atoms with Crippen molar-refractivity contribution < 1.29 is 37.1 Å². The zero-order chi connectivity index (χ0) is 34.1. The van der Waals surface area contributed by atoms with Crippen LogP contribution in [-0.4, -0.2) is 74.0 Å². The largest absolute Gasteiger partial charge is 0.388 e. The Morgan fingerprint density at radius 3 is 2.34 bits per heavy atom. The van der Waals surface area contributed by atoms with Gasteiger partial charge in [0.05, 0.1) is 18.9 Å². The second kappa shape index (κ2) is 16.1. The molecule has 1 aliphatic carbocycles. The molecule has 256 valence electrons. The number of amides is 4. The lowest BCUT2D eigenvalue weighted by Crippen LogP contribution is -2.53. The van der Waals surface area contributed by atoms with E-state index in [-0.39, 0.29) is 23.9 Å². The van der Waals surface area contributed by atoms with Crippen LogP contribution in [0.3, 0.4) is 0 Å². The van der Waals surface area contributed by atoms with Crippen LogP contribution in [0.15, 0.2) is 42.5 Å². The Morgan fingerprint density at radius 1 is 1.00 bits per heavy atom. The zero-order valence-electron chi connectivity index (χ0n) is 27.0. The van der Waals surface area contributed by atoms with E-state index in [1.54, 1.807) is 31.9 Å². The van der Waals surface area contributed by atoms with Gasteiger partial charge in [0, 0.05) is 43.7 Å². The Labute approximate surface area is 273 Å². The molecule has 1 heterocycles. The molecule has 2 aromatic rings. The van der Waals surface area contributed by atoms with Crippen molar-refractivity contribution in [3.8, 4) is 0 Å². The summed E-state index contributed by atoms with van der Waals surface area (Å²) in [5.74, 6) is -8.84. The third kappa shape index (κ3) is 8.82. The van der Waals surface area contributed by atoms with Crippen LogP contribution in [-0.2, 0) is 29.8 Å². The highest BCUT2D eigenvalue weighted by atomic mass is 19.3. The minimum Gasteiger partial charge on any atom is -0.388 e. The van der Waals surface area contributed by atoms with E-state index < -0.39 is 53.0 Å². The summed E-state index contributed by atoms with van der Waals surface area (Å²) >= 11 is 0. The molecule has 2 aromatic carbocycles. The molecule has 2 aliphatic rings. The van der Waals surface area contributed by atoms with Gasteiger partial charge < -0.3 is 30.9 Å². The van der Waals surface area contributed by atoms with Crippen LogP contribution in [0.5, 0.6) is 0 Å². The van der Waals surface area contributed by atoms with Gasteiger partial charge in [-0.1, -0.05) is 51.3 Å². The molecule has 4 amide bonds. The summed E-state index contributed by atoms with van der Waals surface area (Å²) in [6.45, 7) is 4.86. The third-order valence-corrected chi connectivity index (χ3v) is 8.99. The number of benzene rings is 2. The first-order valence-electron chi connectivity index (χ1n) is 16.2. The van der Waals surface area contributed by atoms with Crippen molar-refractivity contribution in [2.24, 2.45) is 5.92 Å². The van der Waals surface area contributed by atoms with Gasteiger partial charge in [0.15, 0.2) is 0 Å². The van der Waals surface area contributed by atoms with Crippen molar-refractivity contribution in [1.82, 2.24) is 15.5 Å². The molecule has 0 unspecified atom stereocenters. The van der Waals surface area contributed by atoms with Gasteiger partial charge in [-0.3, -0.25) is 19.2 Å². The Morgan fingerprint density at radius 2 is 1.70 bits per heavy atom. The van der Waals surface area contributed by atoms with Crippen LogP contribution in [0.4, 0.5) is 24.5 Å². The molecule has 47 heavy (non-hydrogen) atoms. The maximum absolute atomic E-state index is 15.5. The molecular formula is C34H44F3N5O5. The fourth-order valence-corrected chi connectivity index (χ4v) is 6.07. The molecule has 3 atom stereocenters. The maximum Gasteiger partial charge on any atom is 0.349 e. The van der Waals surface area contributed by atoms with Crippen molar-refractivity contribution in [3.63, 3.8) is 0 Å². The van der Waals surface area contributed by atoms with Gasteiger partial charge >= 0.3 is 5.92 Å². The van der Waals surface area contributed by atoms with Crippen LogP contribution in [0.2, 0.25) is 0 Å². The monoisotopic (exact) mass is 659 g/mol. The summed E-state index contributed by atoms with van der Waals surface area (Å²) in [4.78, 5) is 53.9. The zero-order valence-corrected chi connectivity index (χ0v) is 27.0. The molecule has 4 rings (SSSR count). The molecule has 0 aromatic heterocycles. The number of alkyl halides is 2. The molecule has 0 radical (unpaired) electrons. The lowest BCUT2D eigenvalue weighted by atomic mass is 9.83. The lowest BCUT2D eigenvalue weighted by molar-refractivity contribution is -0.149. The van der Waals surface area contributed by atoms with E-state index >= 15 is 13.2 Å². The van der Waals surface area contributed by atoms with Crippen molar-refractivity contribution in [2.45, 2.75) is 76.3 Å². The first kappa shape index (κ1) is 35.7. The third-order valence-electron chi connectivity index (χ3n) is 8.99. The van der Waals surface area contributed by atoms with Crippen molar-refractivity contribution >= 4 is 35.0 Å². The quantitative estimate of drug-likeness (QED) is 0.265. The number of nitrogens with one attached hydrogen (secondary N) is 4. The average Bonchev–Trinajstić information content (AvgIpc) is 3.10.